The molecule has 284 valence electrons. The van der Waals surface area contributed by atoms with Gasteiger partial charge in [-0.2, -0.15) is 10.5 Å². The Morgan fingerprint density at radius 3 is 1.30 bits per heavy atom. The van der Waals surface area contributed by atoms with E-state index in [1.807, 2.05) is 52.0 Å². The minimum atomic E-state index is -0.984. The van der Waals surface area contributed by atoms with Crippen molar-refractivity contribution in [1.82, 2.24) is 30.6 Å². The Bertz CT molecular complexity index is 1890. The molecule has 2 aromatic carbocycles. The fourth-order valence-electron chi connectivity index (χ4n) is 8.12. The summed E-state index contributed by atoms with van der Waals surface area (Å²) in [6, 6.07) is 11.9. The predicted octanol–water partition coefficient (Wildman–Crippen LogP) is 5.81. The van der Waals surface area contributed by atoms with Crippen LogP contribution in [0.1, 0.15) is 114 Å². The summed E-state index contributed by atoms with van der Waals surface area (Å²) in [6.07, 6.45) is 9.91. The van der Waals surface area contributed by atoms with Gasteiger partial charge in [0.1, 0.15) is 35.4 Å². The number of carbonyl (C=O) groups excluding carboxylic acids is 2. The van der Waals surface area contributed by atoms with E-state index in [0.717, 1.165) is 60.7 Å². The summed E-state index contributed by atoms with van der Waals surface area (Å²) in [6.45, 7) is 11.7. The normalized spacial score (nSPS) is 23.8. The highest BCUT2D eigenvalue weighted by Gasteiger charge is 2.33. The van der Waals surface area contributed by atoms with Crippen LogP contribution in [0.25, 0.3) is 22.1 Å². The lowest BCUT2D eigenvalue weighted by Gasteiger charge is -2.35. The number of rotatable bonds is 8. The summed E-state index contributed by atoms with van der Waals surface area (Å²) >= 11 is 0. The van der Waals surface area contributed by atoms with Crippen molar-refractivity contribution in [3.05, 3.63) is 71.3 Å². The Morgan fingerprint density at radius 1 is 0.611 bits per heavy atom. The highest BCUT2D eigenvalue weighted by molar-refractivity contribution is 5.85. The molecule has 6 rings (SSSR count). The van der Waals surface area contributed by atoms with Crippen molar-refractivity contribution in [3.8, 4) is 12.1 Å². The number of aliphatic hydroxyl groups is 2. The minimum Gasteiger partial charge on any atom is -0.383 e. The molecule has 2 heterocycles. The fourth-order valence-corrected chi connectivity index (χ4v) is 8.12. The number of amides is 2. The van der Waals surface area contributed by atoms with Crippen molar-refractivity contribution in [2.24, 2.45) is 23.7 Å². The molecule has 2 fully saturated rings. The maximum absolute atomic E-state index is 12.3. The molecule has 2 aliphatic rings. The lowest BCUT2D eigenvalue weighted by Crippen LogP contribution is -2.46. The molecule has 4 aromatic rings. The zero-order chi connectivity index (χ0) is 39.1. The lowest BCUT2D eigenvalue weighted by atomic mass is 9.75. The van der Waals surface area contributed by atoms with Crippen LogP contribution >= 0.6 is 0 Å². The van der Waals surface area contributed by atoms with Gasteiger partial charge in [0.05, 0.1) is 22.2 Å². The maximum atomic E-state index is 12.3. The minimum absolute atomic E-state index is 0.0158. The lowest BCUT2D eigenvalue weighted by molar-refractivity contribution is -0.133. The molecular formula is C42H52N8O4. The molecule has 54 heavy (non-hydrogen) atoms. The quantitative estimate of drug-likeness (QED) is 0.171. The van der Waals surface area contributed by atoms with Gasteiger partial charge >= 0.3 is 0 Å². The summed E-state index contributed by atoms with van der Waals surface area (Å²) in [5.41, 5.74) is 6.00. The first-order valence-electron chi connectivity index (χ1n) is 19.0. The second-order valence-corrected chi connectivity index (χ2v) is 15.9. The molecule has 2 saturated carbocycles. The molecule has 0 saturated heterocycles. The second-order valence-electron chi connectivity index (χ2n) is 15.9. The van der Waals surface area contributed by atoms with Gasteiger partial charge in [0.25, 0.3) is 0 Å². The topological polar surface area (TPSA) is 198 Å². The number of nitrogens with zero attached hydrogens (tertiary/aromatic N) is 6. The molecule has 8 atom stereocenters. The molecule has 4 N–H and O–H groups in total. The molecule has 2 aromatic heterocycles. The van der Waals surface area contributed by atoms with E-state index in [9.17, 15) is 30.3 Å². The molecule has 2 amide bonds. The number of nitrogens with one attached hydrogen (secondary N) is 2. The van der Waals surface area contributed by atoms with Crippen LogP contribution < -0.4 is 10.6 Å². The van der Waals surface area contributed by atoms with E-state index < -0.39 is 12.2 Å². The first-order chi connectivity index (χ1) is 25.8. The first kappa shape index (κ1) is 40.2. The number of hydrogen-bond donors (Lipinski definition) is 4. The highest BCUT2D eigenvalue weighted by atomic mass is 16.3. The van der Waals surface area contributed by atoms with Crippen molar-refractivity contribution in [1.29, 1.82) is 10.5 Å². The number of benzene rings is 2. The molecule has 12 nitrogen and oxygen atoms in total. The maximum Gasteiger partial charge on any atom is 0.249 e. The molecular weight excluding hydrogens is 681 g/mol. The Labute approximate surface area is 317 Å². The van der Waals surface area contributed by atoms with Crippen LogP contribution in [0.15, 0.2) is 49.1 Å². The van der Waals surface area contributed by atoms with E-state index in [-0.39, 0.29) is 47.6 Å². The molecule has 0 bridgehead atoms. The molecule has 0 aliphatic heterocycles. The van der Waals surface area contributed by atoms with Crippen molar-refractivity contribution in [3.63, 3.8) is 0 Å². The van der Waals surface area contributed by atoms with Crippen LogP contribution in [-0.4, -0.2) is 66.3 Å². The van der Waals surface area contributed by atoms with Crippen LogP contribution in [0, 0.1) is 46.3 Å². The van der Waals surface area contributed by atoms with Crippen LogP contribution in [0.3, 0.4) is 0 Å². The van der Waals surface area contributed by atoms with Crippen molar-refractivity contribution < 1.29 is 19.8 Å². The summed E-state index contributed by atoms with van der Waals surface area (Å²) in [5.74, 6) is 0.503. The van der Waals surface area contributed by atoms with Gasteiger partial charge in [0.15, 0.2) is 0 Å². The van der Waals surface area contributed by atoms with Crippen LogP contribution in [0.2, 0.25) is 0 Å². The summed E-state index contributed by atoms with van der Waals surface area (Å²) in [4.78, 5) is 42.2. The third kappa shape index (κ3) is 9.36. The Hall–Kier alpha value is -5.04. The van der Waals surface area contributed by atoms with E-state index in [0.29, 0.717) is 34.0 Å². The van der Waals surface area contributed by atoms with Gasteiger partial charge in [-0.3, -0.25) is 29.5 Å². The van der Waals surface area contributed by atoms with Gasteiger partial charge in [0, 0.05) is 36.9 Å². The van der Waals surface area contributed by atoms with E-state index in [1.165, 1.54) is 0 Å². The van der Waals surface area contributed by atoms with E-state index in [1.54, 1.807) is 24.8 Å². The van der Waals surface area contributed by atoms with Crippen molar-refractivity contribution in [2.75, 3.05) is 0 Å². The van der Waals surface area contributed by atoms with E-state index >= 15 is 0 Å². The molecule has 2 aliphatic carbocycles. The number of aromatic nitrogens is 4. The predicted molar refractivity (Wildman–Crippen MR) is 206 cm³/mol. The van der Waals surface area contributed by atoms with Gasteiger partial charge in [-0.1, -0.05) is 53.7 Å². The SMILES string of the molecule is CC(C)[C@H](O)C(=O)N[C@@H]1C[C@H](C)C[C@@H](c2ccc(C#N)c3nccnc23)C1.CC(C)[C@H](O)C(=O)N[C@H]1C[C@@H](C)C[C@H](c2ccc(C#N)c3nccnc23)C1. The van der Waals surface area contributed by atoms with Crippen LogP contribution in [0.5, 0.6) is 0 Å². The Morgan fingerprint density at radius 2 is 0.963 bits per heavy atom. The number of nitriles is 2. The summed E-state index contributed by atoms with van der Waals surface area (Å²) < 4.78 is 0. The molecule has 0 unspecified atom stereocenters. The van der Waals surface area contributed by atoms with Crippen molar-refractivity contribution >= 4 is 33.9 Å². The standard InChI is InChI=1S/2C21H26N4O2/c2*1-12(2)20(26)21(27)25-16-9-13(3)8-15(10-16)17-5-4-14(11-22)18-19(17)24-7-6-23-18/h2*4-7,12-13,15-16,20,26H,8-10H2,1-3H3,(H,25,27)/t13-,15-,16-,20+;13-,15-,16-,20-/m10/s1. The number of fused-ring (bicyclic) bond motifs is 2. The largest absolute Gasteiger partial charge is 0.383 e. The monoisotopic (exact) mass is 732 g/mol. The van der Waals surface area contributed by atoms with Gasteiger partial charge in [-0.25, -0.2) is 0 Å². The number of carbonyl (C=O) groups is 2. The number of hydrogen-bond acceptors (Lipinski definition) is 10. The first-order valence-corrected chi connectivity index (χ1v) is 19.0. The zero-order valence-corrected chi connectivity index (χ0v) is 32.0. The van der Waals surface area contributed by atoms with Gasteiger partial charge in [-0.15, -0.1) is 0 Å². The fraction of sp³-hybridized carbons (Fsp3) is 0.524. The second kappa shape index (κ2) is 17.9. The van der Waals surface area contributed by atoms with E-state index in [4.69, 9.17) is 0 Å². The average Bonchev–Trinajstić information content (AvgIpc) is 3.15. The average molecular weight is 733 g/mol. The summed E-state index contributed by atoms with van der Waals surface area (Å²) in [7, 11) is 0. The third-order valence-corrected chi connectivity index (χ3v) is 10.8. The van der Waals surface area contributed by atoms with Gasteiger partial charge in [0.2, 0.25) is 11.8 Å². The zero-order valence-electron chi connectivity index (χ0n) is 32.0. The smallest absolute Gasteiger partial charge is 0.249 e. The molecule has 0 spiro atoms. The van der Waals surface area contributed by atoms with E-state index in [2.05, 4.69) is 56.6 Å². The van der Waals surface area contributed by atoms with Crippen molar-refractivity contribution in [2.45, 2.75) is 116 Å². The van der Waals surface area contributed by atoms with Crippen LogP contribution in [-0.2, 0) is 9.59 Å². The Kier molecular flexibility index (Phi) is 13.3. The Balaban J connectivity index is 0.000000208. The molecule has 12 heteroatoms. The van der Waals surface area contributed by atoms with Crippen LogP contribution in [0.4, 0.5) is 0 Å². The molecule has 0 radical (unpaired) electrons. The number of aliphatic hydroxyl groups excluding tert-OH is 2. The third-order valence-electron chi connectivity index (χ3n) is 10.8. The highest BCUT2D eigenvalue weighted by Crippen LogP contribution is 2.40. The van der Waals surface area contributed by atoms with Gasteiger partial charge in [-0.05, 0) is 97.3 Å². The summed E-state index contributed by atoms with van der Waals surface area (Å²) in [5, 5.41) is 44.7. The van der Waals surface area contributed by atoms with Gasteiger partial charge < -0.3 is 20.8 Å².